The van der Waals surface area contributed by atoms with Crippen molar-refractivity contribution in [2.24, 2.45) is 22.7 Å². The van der Waals surface area contributed by atoms with Crippen molar-refractivity contribution >= 4 is 17.5 Å². The summed E-state index contributed by atoms with van der Waals surface area (Å²) in [5, 5.41) is 23.2. The molecule has 6 heteroatoms. The molecule has 0 aromatic rings. The molecule has 3 aliphatic carbocycles. The molecule has 41 heavy (non-hydrogen) atoms. The van der Waals surface area contributed by atoms with Crippen LogP contribution >= 0.6 is 0 Å². The lowest BCUT2D eigenvalue weighted by atomic mass is 9.47. The van der Waals surface area contributed by atoms with Gasteiger partial charge in [0.15, 0.2) is 6.10 Å². The fraction of sp³-hybridized carbons (Fsp3) is 0.800. The van der Waals surface area contributed by atoms with Gasteiger partial charge >= 0.3 is 5.97 Å². The van der Waals surface area contributed by atoms with Crippen LogP contribution in [0.1, 0.15) is 144 Å². The number of aliphatic hydroxyl groups is 2. The average Bonchev–Trinajstić information content (AvgIpc) is 2.88. The number of carbonyl (C=O) groups is 3. The van der Waals surface area contributed by atoms with Crippen LogP contribution in [0.3, 0.4) is 0 Å². The SMILES string of the molecule is CCCCCCCCCCCCCCC(=O)OC1C2=C(C(=O)C(=O)C(C(C)C)=C2O)C2(C)CCCC(C)(C)C2C1O. The summed E-state index contributed by atoms with van der Waals surface area (Å²) in [7, 11) is 0. The number of hydrogen-bond acceptors (Lipinski definition) is 6. The summed E-state index contributed by atoms with van der Waals surface area (Å²) in [6.07, 6.45) is 14.7. The second kappa shape index (κ2) is 14.5. The van der Waals surface area contributed by atoms with E-state index < -0.39 is 41.1 Å². The van der Waals surface area contributed by atoms with Crippen molar-refractivity contribution in [3.63, 3.8) is 0 Å². The summed E-state index contributed by atoms with van der Waals surface area (Å²) in [6, 6.07) is 0. The molecule has 1 saturated carbocycles. The minimum Gasteiger partial charge on any atom is -0.507 e. The summed E-state index contributed by atoms with van der Waals surface area (Å²) < 4.78 is 5.94. The summed E-state index contributed by atoms with van der Waals surface area (Å²) in [6.45, 7) is 11.8. The molecule has 0 radical (unpaired) electrons. The van der Waals surface area contributed by atoms with Crippen LogP contribution in [-0.2, 0) is 19.1 Å². The Morgan fingerprint density at radius 2 is 1.41 bits per heavy atom. The molecule has 0 amide bonds. The van der Waals surface area contributed by atoms with Crippen LogP contribution in [0.5, 0.6) is 0 Å². The molecule has 0 bridgehead atoms. The Balaban J connectivity index is 1.67. The first kappa shape index (κ1) is 33.6. The number of esters is 1. The lowest BCUT2D eigenvalue weighted by Gasteiger charge is -2.58. The van der Waals surface area contributed by atoms with Gasteiger partial charge < -0.3 is 14.9 Å². The number of Topliss-reactive ketones (excluding diaryl/α,β-unsaturated/α-hetero) is 2. The van der Waals surface area contributed by atoms with Crippen LogP contribution in [0.25, 0.3) is 0 Å². The van der Waals surface area contributed by atoms with Crippen molar-refractivity contribution in [1.29, 1.82) is 0 Å². The first-order valence-corrected chi connectivity index (χ1v) is 16.5. The normalized spacial score (nSPS) is 27.8. The number of unbranched alkanes of at least 4 members (excludes halogenated alkanes) is 11. The smallest absolute Gasteiger partial charge is 0.306 e. The molecule has 0 aliphatic heterocycles. The van der Waals surface area contributed by atoms with E-state index >= 15 is 0 Å². The molecule has 3 rings (SSSR count). The van der Waals surface area contributed by atoms with Crippen LogP contribution in [0, 0.1) is 22.7 Å². The van der Waals surface area contributed by atoms with Crippen LogP contribution in [-0.4, -0.2) is 40.0 Å². The molecule has 6 nitrogen and oxygen atoms in total. The highest BCUT2D eigenvalue weighted by atomic mass is 16.6. The summed E-state index contributed by atoms with van der Waals surface area (Å²) in [4.78, 5) is 39.9. The Hall–Kier alpha value is -1.95. The predicted molar refractivity (Wildman–Crippen MR) is 162 cm³/mol. The summed E-state index contributed by atoms with van der Waals surface area (Å²) in [5.41, 5.74) is -0.689. The third kappa shape index (κ3) is 7.35. The second-order valence-electron chi connectivity index (χ2n) is 14.1. The molecule has 0 saturated heterocycles. The minimum absolute atomic E-state index is 0.0417. The second-order valence-corrected chi connectivity index (χ2v) is 14.1. The number of ketones is 2. The maximum Gasteiger partial charge on any atom is 0.306 e. The van der Waals surface area contributed by atoms with E-state index in [0.29, 0.717) is 12.8 Å². The van der Waals surface area contributed by atoms with E-state index in [2.05, 4.69) is 20.8 Å². The highest BCUT2D eigenvalue weighted by molar-refractivity contribution is 6.50. The van der Waals surface area contributed by atoms with E-state index in [0.717, 1.165) is 25.7 Å². The lowest BCUT2D eigenvalue weighted by molar-refractivity contribution is -0.168. The van der Waals surface area contributed by atoms with Gasteiger partial charge in [-0.25, -0.2) is 0 Å². The number of allylic oxidation sites excluding steroid dienone is 2. The highest BCUT2D eigenvalue weighted by Gasteiger charge is 2.62. The van der Waals surface area contributed by atoms with E-state index in [4.69, 9.17) is 4.74 Å². The zero-order chi connectivity index (χ0) is 30.4. The third-order valence-electron chi connectivity index (χ3n) is 10.1. The van der Waals surface area contributed by atoms with E-state index in [-0.39, 0.29) is 40.2 Å². The molecule has 4 unspecified atom stereocenters. The van der Waals surface area contributed by atoms with Crippen molar-refractivity contribution in [1.82, 2.24) is 0 Å². The molecule has 232 valence electrons. The quantitative estimate of drug-likeness (QED) is 0.0889. The van der Waals surface area contributed by atoms with Crippen molar-refractivity contribution in [3.05, 3.63) is 22.5 Å². The molecule has 0 spiro atoms. The van der Waals surface area contributed by atoms with Gasteiger partial charge in [0.25, 0.3) is 0 Å². The number of fused-ring (bicyclic) bond motifs is 2. The Morgan fingerprint density at radius 3 is 1.95 bits per heavy atom. The van der Waals surface area contributed by atoms with Gasteiger partial charge in [0.05, 0.1) is 6.10 Å². The van der Waals surface area contributed by atoms with Gasteiger partial charge in [-0.15, -0.1) is 0 Å². The van der Waals surface area contributed by atoms with Gasteiger partial charge in [0, 0.05) is 34.5 Å². The van der Waals surface area contributed by atoms with E-state index in [1.54, 1.807) is 13.8 Å². The first-order valence-electron chi connectivity index (χ1n) is 16.5. The van der Waals surface area contributed by atoms with E-state index in [1.165, 1.54) is 57.8 Å². The number of rotatable bonds is 15. The summed E-state index contributed by atoms with van der Waals surface area (Å²) in [5.74, 6) is -2.81. The van der Waals surface area contributed by atoms with Gasteiger partial charge in [0.1, 0.15) is 5.76 Å². The van der Waals surface area contributed by atoms with Gasteiger partial charge in [-0.05, 0) is 30.6 Å². The molecule has 0 aromatic heterocycles. The van der Waals surface area contributed by atoms with Gasteiger partial charge in [-0.3, -0.25) is 14.4 Å². The lowest BCUT2D eigenvalue weighted by Crippen LogP contribution is -2.60. The molecule has 4 atom stereocenters. The molecule has 1 fully saturated rings. The number of aliphatic hydroxyl groups excluding tert-OH is 2. The van der Waals surface area contributed by atoms with Crippen LogP contribution in [0.15, 0.2) is 22.5 Å². The minimum atomic E-state index is -1.17. The van der Waals surface area contributed by atoms with E-state index in [1.807, 2.05) is 6.92 Å². The Labute approximate surface area is 248 Å². The van der Waals surface area contributed by atoms with Crippen molar-refractivity contribution in [2.75, 3.05) is 0 Å². The fourth-order valence-electron chi connectivity index (χ4n) is 8.10. The zero-order valence-electron chi connectivity index (χ0n) is 26.7. The number of carbonyl (C=O) groups excluding carboxylic acids is 3. The standard InChI is InChI=1S/C35H56O6/c1-7-8-9-10-11-12-13-14-15-16-17-18-20-24(36)41-32-26-27(30(39)29(38)25(23(2)3)28(26)37)35(6)22-19-21-34(4,5)33(35)31(32)40/h23,31-33,37,40H,7-22H2,1-6H3. The highest BCUT2D eigenvalue weighted by Crippen LogP contribution is 2.61. The molecular weight excluding hydrogens is 516 g/mol. The molecular formula is C35H56O6. The van der Waals surface area contributed by atoms with E-state index in [9.17, 15) is 24.6 Å². The number of hydrogen-bond donors (Lipinski definition) is 2. The monoisotopic (exact) mass is 572 g/mol. The third-order valence-corrected chi connectivity index (χ3v) is 10.1. The fourth-order valence-corrected chi connectivity index (χ4v) is 8.10. The Kier molecular flexibility index (Phi) is 11.9. The molecule has 2 N–H and O–H groups in total. The van der Waals surface area contributed by atoms with Crippen molar-refractivity contribution in [3.8, 4) is 0 Å². The van der Waals surface area contributed by atoms with Gasteiger partial charge in [0.2, 0.25) is 11.6 Å². The largest absolute Gasteiger partial charge is 0.507 e. The maximum atomic E-state index is 13.7. The van der Waals surface area contributed by atoms with Gasteiger partial charge in [-0.1, -0.05) is 119 Å². The molecule has 0 aromatic carbocycles. The average molecular weight is 573 g/mol. The molecule has 0 heterocycles. The maximum absolute atomic E-state index is 13.7. The zero-order valence-corrected chi connectivity index (χ0v) is 26.7. The predicted octanol–water partition coefficient (Wildman–Crippen LogP) is 8.11. The van der Waals surface area contributed by atoms with Crippen LogP contribution < -0.4 is 0 Å². The summed E-state index contributed by atoms with van der Waals surface area (Å²) >= 11 is 0. The van der Waals surface area contributed by atoms with Crippen LogP contribution in [0.4, 0.5) is 0 Å². The van der Waals surface area contributed by atoms with Crippen LogP contribution in [0.2, 0.25) is 0 Å². The Bertz CT molecular complexity index is 1020. The topological polar surface area (TPSA) is 101 Å². The number of ether oxygens (including phenoxy) is 1. The van der Waals surface area contributed by atoms with Gasteiger partial charge in [-0.2, -0.15) is 0 Å². The van der Waals surface area contributed by atoms with Crippen molar-refractivity contribution < 1.29 is 29.3 Å². The Morgan fingerprint density at radius 1 is 0.878 bits per heavy atom. The molecule has 3 aliphatic rings. The van der Waals surface area contributed by atoms with Crippen molar-refractivity contribution in [2.45, 2.75) is 156 Å². The first-order chi connectivity index (χ1) is 19.4.